The van der Waals surface area contributed by atoms with Crippen LogP contribution in [-0.2, 0) is 6.54 Å². The van der Waals surface area contributed by atoms with Crippen LogP contribution < -0.4 is 0 Å². The fourth-order valence-electron chi connectivity index (χ4n) is 2.36. The second-order valence-corrected chi connectivity index (χ2v) is 5.14. The third-order valence-electron chi connectivity index (χ3n) is 3.52. The first kappa shape index (κ1) is 16.5. The molecule has 0 spiro atoms. The minimum Gasteiger partial charge on any atom is -0.475 e. The molecule has 0 aliphatic carbocycles. The highest BCUT2D eigenvalue weighted by molar-refractivity contribution is 5.84. The topological polar surface area (TPSA) is 55.1 Å². The number of imidazole rings is 1. The Bertz CT molecular complexity index is 424. The largest absolute Gasteiger partial charge is 0.475 e. The van der Waals surface area contributed by atoms with Crippen molar-refractivity contribution in [3.05, 3.63) is 24.3 Å². The van der Waals surface area contributed by atoms with E-state index in [0.29, 0.717) is 6.54 Å². The summed E-state index contributed by atoms with van der Waals surface area (Å²) in [6, 6.07) is 0. The van der Waals surface area contributed by atoms with Gasteiger partial charge in [-0.05, 0) is 12.5 Å². The van der Waals surface area contributed by atoms with Gasteiger partial charge < -0.3 is 9.67 Å². The number of nitrogens with zero attached hydrogens (tertiary/aromatic N) is 2. The average Bonchev–Trinajstić information content (AvgIpc) is 2.85. The van der Waals surface area contributed by atoms with E-state index < -0.39 is 5.97 Å². The molecule has 0 bridgehead atoms. The molecule has 0 unspecified atom stereocenters. The zero-order valence-electron chi connectivity index (χ0n) is 12.5. The first-order chi connectivity index (χ1) is 9.70. The molecular formula is C16H26N2O2. The van der Waals surface area contributed by atoms with Gasteiger partial charge in [0.05, 0.1) is 11.9 Å². The Kier molecular flexibility index (Phi) is 7.70. The van der Waals surface area contributed by atoms with Gasteiger partial charge in [0.25, 0.3) is 0 Å². The maximum absolute atomic E-state index is 11.1. The average molecular weight is 278 g/mol. The summed E-state index contributed by atoms with van der Waals surface area (Å²) >= 11 is 0. The number of aromatic nitrogens is 2. The number of hydrogen-bond donors (Lipinski definition) is 1. The molecule has 0 aliphatic heterocycles. The van der Waals surface area contributed by atoms with E-state index in [1.165, 1.54) is 38.5 Å². The number of carboxylic acid groups (broad SMARTS) is 1. The molecule has 4 heteroatoms. The molecule has 0 saturated heterocycles. The quantitative estimate of drug-likeness (QED) is 0.612. The number of unbranched alkanes of at least 4 members (excludes halogenated alkanes) is 7. The molecule has 1 aromatic rings. The molecule has 0 saturated carbocycles. The third kappa shape index (κ3) is 5.19. The van der Waals surface area contributed by atoms with Crippen LogP contribution in [0.3, 0.4) is 0 Å². The van der Waals surface area contributed by atoms with E-state index in [1.54, 1.807) is 16.8 Å². The highest BCUT2D eigenvalue weighted by Gasteiger charge is 2.13. The molecule has 1 N–H and O–H groups in total. The monoisotopic (exact) mass is 278 g/mol. The smallest absolute Gasteiger partial charge is 0.372 e. The van der Waals surface area contributed by atoms with Crippen molar-refractivity contribution < 1.29 is 9.90 Å². The van der Waals surface area contributed by atoms with Crippen molar-refractivity contribution in [3.63, 3.8) is 0 Å². The van der Waals surface area contributed by atoms with Crippen LogP contribution in [0.15, 0.2) is 12.8 Å². The molecule has 1 aromatic heterocycles. The van der Waals surface area contributed by atoms with Crippen LogP contribution in [0.2, 0.25) is 0 Å². The van der Waals surface area contributed by atoms with E-state index >= 15 is 0 Å². The lowest BCUT2D eigenvalue weighted by Crippen LogP contribution is -2.11. The van der Waals surface area contributed by atoms with Gasteiger partial charge >= 0.3 is 5.97 Å². The highest BCUT2D eigenvalue weighted by atomic mass is 16.4. The van der Waals surface area contributed by atoms with Gasteiger partial charge in [-0.1, -0.05) is 58.4 Å². The number of rotatable bonds is 11. The summed E-state index contributed by atoms with van der Waals surface area (Å²) in [5.74, 6) is -0.861. The Morgan fingerprint density at radius 2 is 1.85 bits per heavy atom. The Hall–Kier alpha value is -1.58. The molecule has 1 rings (SSSR count). The number of carbonyl (C=O) groups is 1. The minimum absolute atomic E-state index is 0.114. The van der Waals surface area contributed by atoms with Gasteiger partial charge in [0.1, 0.15) is 0 Å². The standard InChI is InChI=1S/C16H26N2O2/c1-3-5-6-7-8-9-10-11-12-18-14(4-2)13-17-15(18)16(19)20/h4,13H,2-3,5-12H2,1H3,(H,19,20). The van der Waals surface area contributed by atoms with Crippen LogP contribution in [0.25, 0.3) is 6.08 Å². The van der Waals surface area contributed by atoms with Gasteiger partial charge in [-0.3, -0.25) is 0 Å². The van der Waals surface area contributed by atoms with Gasteiger partial charge in [0.2, 0.25) is 5.82 Å². The maximum Gasteiger partial charge on any atom is 0.372 e. The van der Waals surface area contributed by atoms with Crippen molar-refractivity contribution in [2.75, 3.05) is 0 Å². The summed E-state index contributed by atoms with van der Waals surface area (Å²) in [6.45, 7) is 6.63. The van der Waals surface area contributed by atoms with Crippen molar-refractivity contribution in [3.8, 4) is 0 Å². The van der Waals surface area contributed by atoms with Crippen LogP contribution in [0.4, 0.5) is 0 Å². The predicted molar refractivity (Wildman–Crippen MR) is 81.9 cm³/mol. The minimum atomic E-state index is -0.974. The molecule has 0 fully saturated rings. The maximum atomic E-state index is 11.1. The zero-order valence-corrected chi connectivity index (χ0v) is 12.5. The summed E-state index contributed by atoms with van der Waals surface area (Å²) in [6.07, 6.45) is 13.1. The first-order valence-electron chi connectivity index (χ1n) is 7.62. The molecule has 0 amide bonds. The van der Waals surface area contributed by atoms with Crippen molar-refractivity contribution >= 4 is 12.0 Å². The molecule has 1 heterocycles. The van der Waals surface area contributed by atoms with Crippen molar-refractivity contribution in [1.29, 1.82) is 0 Å². The second kappa shape index (κ2) is 9.34. The normalized spacial score (nSPS) is 10.7. The zero-order chi connectivity index (χ0) is 14.8. The van der Waals surface area contributed by atoms with Gasteiger partial charge in [-0.2, -0.15) is 0 Å². The Morgan fingerprint density at radius 1 is 1.25 bits per heavy atom. The summed E-state index contributed by atoms with van der Waals surface area (Å²) in [5.41, 5.74) is 0.783. The van der Waals surface area contributed by atoms with Gasteiger partial charge in [-0.25, -0.2) is 9.78 Å². The van der Waals surface area contributed by atoms with E-state index in [4.69, 9.17) is 5.11 Å². The highest BCUT2D eigenvalue weighted by Crippen LogP contribution is 2.12. The van der Waals surface area contributed by atoms with Crippen LogP contribution >= 0.6 is 0 Å². The molecule has 20 heavy (non-hydrogen) atoms. The number of aromatic carboxylic acids is 1. The molecule has 4 nitrogen and oxygen atoms in total. The van der Waals surface area contributed by atoms with Crippen molar-refractivity contribution in [2.24, 2.45) is 0 Å². The molecule has 0 aliphatic rings. The lowest BCUT2D eigenvalue weighted by atomic mass is 10.1. The first-order valence-corrected chi connectivity index (χ1v) is 7.62. The Balaban J connectivity index is 2.29. The predicted octanol–water partition coefficient (Wildman–Crippen LogP) is 4.37. The SMILES string of the molecule is C=Cc1cnc(C(=O)O)n1CCCCCCCCCC. The molecule has 0 atom stereocenters. The summed E-state index contributed by atoms with van der Waals surface area (Å²) < 4.78 is 1.74. The molecule has 0 radical (unpaired) electrons. The third-order valence-corrected chi connectivity index (χ3v) is 3.52. The Morgan fingerprint density at radius 3 is 2.40 bits per heavy atom. The molecular weight excluding hydrogens is 252 g/mol. The van der Waals surface area contributed by atoms with Crippen molar-refractivity contribution in [2.45, 2.75) is 64.8 Å². The summed E-state index contributed by atoms with van der Waals surface area (Å²) in [5, 5.41) is 9.08. The number of hydrogen-bond acceptors (Lipinski definition) is 2. The van der Waals surface area contributed by atoms with E-state index in [-0.39, 0.29) is 5.82 Å². The lowest BCUT2D eigenvalue weighted by Gasteiger charge is -2.08. The fraction of sp³-hybridized carbons (Fsp3) is 0.625. The van der Waals surface area contributed by atoms with E-state index in [9.17, 15) is 4.79 Å². The van der Waals surface area contributed by atoms with Crippen molar-refractivity contribution in [1.82, 2.24) is 9.55 Å². The summed E-state index contributed by atoms with van der Waals surface area (Å²) in [4.78, 5) is 15.0. The van der Waals surface area contributed by atoms with Crippen LogP contribution in [0.5, 0.6) is 0 Å². The van der Waals surface area contributed by atoms with E-state index in [2.05, 4.69) is 18.5 Å². The fourth-order valence-corrected chi connectivity index (χ4v) is 2.36. The number of carboxylic acids is 1. The van der Waals surface area contributed by atoms with Gasteiger partial charge in [0, 0.05) is 6.54 Å². The van der Waals surface area contributed by atoms with E-state index in [0.717, 1.165) is 18.5 Å². The van der Waals surface area contributed by atoms with Crippen LogP contribution in [0.1, 0.15) is 74.6 Å². The second-order valence-electron chi connectivity index (χ2n) is 5.14. The van der Waals surface area contributed by atoms with Gasteiger partial charge in [0.15, 0.2) is 0 Å². The van der Waals surface area contributed by atoms with Gasteiger partial charge in [-0.15, -0.1) is 0 Å². The molecule has 0 aromatic carbocycles. The Labute approximate surface area is 121 Å². The van der Waals surface area contributed by atoms with E-state index in [1.807, 2.05) is 0 Å². The van der Waals surface area contributed by atoms with Crippen LogP contribution in [0, 0.1) is 0 Å². The van der Waals surface area contributed by atoms with Crippen LogP contribution in [-0.4, -0.2) is 20.6 Å². The summed E-state index contributed by atoms with van der Waals surface area (Å²) in [7, 11) is 0. The molecule has 112 valence electrons. The lowest BCUT2D eigenvalue weighted by molar-refractivity contribution is 0.0678.